The number of carbonyl (C=O) groups excluding carboxylic acids is 2. The van der Waals surface area contributed by atoms with E-state index in [0.717, 1.165) is 24.5 Å². The van der Waals surface area contributed by atoms with Crippen LogP contribution >= 0.6 is 11.3 Å². The van der Waals surface area contributed by atoms with Crippen LogP contribution in [-0.4, -0.2) is 47.9 Å². The number of thiazole rings is 1. The molecule has 0 radical (unpaired) electrons. The van der Waals surface area contributed by atoms with E-state index in [1.807, 2.05) is 18.4 Å². The Morgan fingerprint density at radius 1 is 1.17 bits per heavy atom. The van der Waals surface area contributed by atoms with E-state index >= 15 is 0 Å². The molecule has 0 aliphatic carbocycles. The van der Waals surface area contributed by atoms with Gasteiger partial charge in [0, 0.05) is 37.2 Å². The lowest BCUT2D eigenvalue weighted by molar-refractivity contribution is -0.143. The van der Waals surface area contributed by atoms with Crippen LogP contribution < -0.4 is 10.2 Å². The summed E-state index contributed by atoms with van der Waals surface area (Å²) < 4.78 is 0. The lowest BCUT2D eigenvalue weighted by atomic mass is 10.2. The van der Waals surface area contributed by atoms with Gasteiger partial charge in [0.2, 0.25) is 0 Å². The van der Waals surface area contributed by atoms with Crippen molar-refractivity contribution in [3.05, 3.63) is 40.9 Å². The van der Waals surface area contributed by atoms with Gasteiger partial charge < -0.3 is 9.80 Å². The van der Waals surface area contributed by atoms with E-state index < -0.39 is 11.8 Å². The Kier molecular flexibility index (Phi) is 4.80. The van der Waals surface area contributed by atoms with E-state index in [2.05, 4.69) is 40.3 Å². The number of aryl methyl sites for hydroxylation is 2. The van der Waals surface area contributed by atoms with Crippen molar-refractivity contribution in [3.8, 4) is 0 Å². The Morgan fingerprint density at radius 3 is 2.54 bits per heavy atom. The summed E-state index contributed by atoms with van der Waals surface area (Å²) in [6.07, 6.45) is 0. The van der Waals surface area contributed by atoms with Crippen molar-refractivity contribution in [2.75, 3.05) is 36.4 Å². The number of hydrogen-bond donors (Lipinski definition) is 1. The molecule has 7 heteroatoms. The van der Waals surface area contributed by atoms with Gasteiger partial charge in [-0.05, 0) is 31.5 Å². The van der Waals surface area contributed by atoms with Crippen LogP contribution in [0.3, 0.4) is 0 Å². The first kappa shape index (κ1) is 16.4. The van der Waals surface area contributed by atoms with Gasteiger partial charge in [-0.25, -0.2) is 4.98 Å². The van der Waals surface area contributed by atoms with Gasteiger partial charge in [-0.3, -0.25) is 14.9 Å². The van der Waals surface area contributed by atoms with Gasteiger partial charge in [-0.15, -0.1) is 11.3 Å². The van der Waals surface area contributed by atoms with Crippen molar-refractivity contribution in [1.29, 1.82) is 0 Å². The third kappa shape index (κ3) is 3.73. The third-order valence-corrected chi connectivity index (χ3v) is 4.84. The van der Waals surface area contributed by atoms with E-state index in [1.165, 1.54) is 16.9 Å². The van der Waals surface area contributed by atoms with Crippen molar-refractivity contribution in [1.82, 2.24) is 9.88 Å². The second-order valence-corrected chi connectivity index (χ2v) is 6.72. The van der Waals surface area contributed by atoms with Crippen molar-refractivity contribution in [2.45, 2.75) is 13.8 Å². The van der Waals surface area contributed by atoms with Crippen LogP contribution in [0.25, 0.3) is 0 Å². The molecule has 1 fully saturated rings. The summed E-state index contributed by atoms with van der Waals surface area (Å²) in [7, 11) is 0. The summed E-state index contributed by atoms with van der Waals surface area (Å²) in [6.45, 7) is 6.43. The fraction of sp³-hybridized carbons (Fsp3) is 0.353. The number of hydrogen-bond acceptors (Lipinski definition) is 5. The molecule has 1 saturated heterocycles. The number of rotatable bonds is 2. The van der Waals surface area contributed by atoms with E-state index in [9.17, 15) is 9.59 Å². The number of nitrogens with zero attached hydrogens (tertiary/aromatic N) is 3. The average molecular weight is 344 g/mol. The highest BCUT2D eigenvalue weighted by molar-refractivity contribution is 7.14. The van der Waals surface area contributed by atoms with E-state index in [-0.39, 0.29) is 0 Å². The molecule has 6 nitrogen and oxygen atoms in total. The SMILES string of the molecule is Cc1cccc(N2CCN(C(=O)C(=O)Nc3nc(C)cs3)CC2)c1. The number of carbonyl (C=O) groups is 2. The molecule has 0 bridgehead atoms. The summed E-state index contributed by atoms with van der Waals surface area (Å²) in [4.78, 5) is 32.3. The van der Waals surface area contributed by atoms with Gasteiger partial charge in [-0.2, -0.15) is 0 Å². The normalized spacial score (nSPS) is 14.6. The topological polar surface area (TPSA) is 65.5 Å². The Morgan fingerprint density at radius 2 is 1.92 bits per heavy atom. The van der Waals surface area contributed by atoms with Gasteiger partial charge in [0.15, 0.2) is 5.13 Å². The van der Waals surface area contributed by atoms with Gasteiger partial charge in [-0.1, -0.05) is 12.1 Å². The average Bonchev–Trinajstić information content (AvgIpc) is 2.99. The minimum atomic E-state index is -0.617. The second kappa shape index (κ2) is 7.00. The minimum absolute atomic E-state index is 0.462. The van der Waals surface area contributed by atoms with Crippen LogP contribution in [0.15, 0.2) is 29.6 Å². The number of piperazine rings is 1. The molecule has 1 aromatic heterocycles. The zero-order valence-corrected chi connectivity index (χ0v) is 14.6. The van der Waals surface area contributed by atoms with E-state index in [4.69, 9.17) is 0 Å². The summed E-state index contributed by atoms with van der Waals surface area (Å²) in [6, 6.07) is 8.30. The molecule has 1 aromatic carbocycles. The first-order chi connectivity index (χ1) is 11.5. The molecule has 2 amide bonds. The largest absolute Gasteiger partial charge is 0.368 e. The summed E-state index contributed by atoms with van der Waals surface area (Å²) in [5.74, 6) is -1.11. The predicted octanol–water partition coefficient (Wildman–Crippen LogP) is 2.05. The maximum atomic E-state index is 12.3. The highest BCUT2D eigenvalue weighted by Gasteiger charge is 2.26. The number of aromatic nitrogens is 1. The van der Waals surface area contributed by atoms with E-state index in [1.54, 1.807) is 4.90 Å². The van der Waals surface area contributed by atoms with Crippen molar-refractivity contribution in [3.63, 3.8) is 0 Å². The quantitative estimate of drug-likeness (QED) is 0.847. The minimum Gasteiger partial charge on any atom is -0.368 e. The van der Waals surface area contributed by atoms with Crippen molar-refractivity contribution in [2.24, 2.45) is 0 Å². The Hall–Kier alpha value is -2.41. The van der Waals surface area contributed by atoms with Gasteiger partial charge in [0.05, 0.1) is 5.69 Å². The molecular formula is C17H20N4O2S. The van der Waals surface area contributed by atoms with Crippen LogP contribution in [0.1, 0.15) is 11.3 Å². The molecule has 2 heterocycles. The number of nitrogens with one attached hydrogen (secondary N) is 1. The lowest BCUT2D eigenvalue weighted by Gasteiger charge is -2.35. The predicted molar refractivity (Wildman–Crippen MR) is 95.5 cm³/mol. The van der Waals surface area contributed by atoms with Crippen LogP contribution in [-0.2, 0) is 9.59 Å². The van der Waals surface area contributed by atoms with Gasteiger partial charge >= 0.3 is 11.8 Å². The Balaban J connectivity index is 1.55. The fourth-order valence-electron chi connectivity index (χ4n) is 2.70. The maximum Gasteiger partial charge on any atom is 0.315 e. The third-order valence-electron chi connectivity index (χ3n) is 3.97. The zero-order valence-electron chi connectivity index (χ0n) is 13.8. The first-order valence-corrected chi connectivity index (χ1v) is 8.75. The molecular weight excluding hydrogens is 324 g/mol. The second-order valence-electron chi connectivity index (χ2n) is 5.87. The molecule has 1 aliphatic heterocycles. The number of amides is 2. The molecule has 0 unspecified atom stereocenters. The number of benzene rings is 1. The molecule has 0 saturated carbocycles. The van der Waals surface area contributed by atoms with E-state index in [0.29, 0.717) is 18.2 Å². The van der Waals surface area contributed by atoms with Crippen LogP contribution in [0.2, 0.25) is 0 Å². The van der Waals surface area contributed by atoms with Crippen LogP contribution in [0.5, 0.6) is 0 Å². The number of anilines is 2. The molecule has 1 aliphatic rings. The zero-order chi connectivity index (χ0) is 17.1. The molecule has 126 valence electrons. The van der Waals surface area contributed by atoms with Crippen LogP contribution in [0, 0.1) is 13.8 Å². The molecule has 1 N–H and O–H groups in total. The lowest BCUT2D eigenvalue weighted by Crippen LogP contribution is -2.51. The maximum absolute atomic E-state index is 12.3. The molecule has 3 rings (SSSR count). The monoisotopic (exact) mass is 344 g/mol. The first-order valence-electron chi connectivity index (χ1n) is 7.87. The van der Waals surface area contributed by atoms with Gasteiger partial charge in [0.25, 0.3) is 0 Å². The molecule has 2 aromatic rings. The Labute approximate surface area is 145 Å². The summed E-state index contributed by atoms with van der Waals surface area (Å²) in [5.41, 5.74) is 3.20. The smallest absolute Gasteiger partial charge is 0.315 e. The standard InChI is InChI=1S/C17H20N4O2S/c1-12-4-3-5-14(10-12)20-6-8-21(9-7-20)16(23)15(22)19-17-18-13(2)11-24-17/h3-5,10-11H,6-9H2,1-2H3,(H,18,19,22). The van der Waals surface area contributed by atoms with Crippen molar-refractivity contribution < 1.29 is 9.59 Å². The summed E-state index contributed by atoms with van der Waals surface area (Å²) in [5, 5.41) is 4.87. The highest BCUT2D eigenvalue weighted by Crippen LogP contribution is 2.18. The molecule has 24 heavy (non-hydrogen) atoms. The molecule has 0 spiro atoms. The van der Waals surface area contributed by atoms with Gasteiger partial charge in [0.1, 0.15) is 0 Å². The highest BCUT2D eigenvalue weighted by atomic mass is 32.1. The van der Waals surface area contributed by atoms with Crippen LogP contribution in [0.4, 0.5) is 10.8 Å². The fourth-order valence-corrected chi connectivity index (χ4v) is 3.38. The molecule has 0 atom stereocenters. The Bertz CT molecular complexity index is 751. The van der Waals surface area contributed by atoms with Crippen molar-refractivity contribution >= 4 is 34.0 Å². The summed E-state index contributed by atoms with van der Waals surface area (Å²) >= 11 is 1.32.